The molecule has 6 heteroatoms. The zero-order valence-electron chi connectivity index (χ0n) is 9.98. The Labute approximate surface area is 110 Å². The fraction of sp³-hybridized carbons (Fsp3) is 0.500. The van der Waals surface area contributed by atoms with Crippen LogP contribution in [0.1, 0.15) is 29.8 Å². The van der Waals surface area contributed by atoms with Crippen LogP contribution in [0.3, 0.4) is 0 Å². The van der Waals surface area contributed by atoms with Crippen molar-refractivity contribution >= 4 is 17.6 Å². The number of carbonyl (C=O) groups is 1. The molecule has 1 N–H and O–H groups in total. The number of nitrogens with zero attached hydrogens (tertiary/aromatic N) is 1. The molecular formula is C12H14ClNO4. The molecule has 1 heterocycles. The fourth-order valence-corrected chi connectivity index (χ4v) is 1.82. The number of hydrogen-bond acceptors (Lipinski definition) is 5. The van der Waals surface area contributed by atoms with E-state index in [1.54, 1.807) is 0 Å². The molecule has 1 aromatic rings. The van der Waals surface area contributed by atoms with Crippen molar-refractivity contribution in [2.24, 2.45) is 5.92 Å². The van der Waals surface area contributed by atoms with Crippen LogP contribution in [0.25, 0.3) is 0 Å². The zero-order valence-corrected chi connectivity index (χ0v) is 10.7. The molecule has 0 aliphatic heterocycles. The number of methoxy groups -OCH3 is 1. The van der Waals surface area contributed by atoms with E-state index in [0.717, 1.165) is 12.8 Å². The maximum Gasteiger partial charge on any atom is 0.360 e. The van der Waals surface area contributed by atoms with Crippen molar-refractivity contribution in [3.63, 3.8) is 0 Å². The molecule has 0 aromatic carbocycles. The molecular weight excluding hydrogens is 258 g/mol. The standard InChI is InChI=1S/C12H14ClNO4/c1-17-12(16)10-9(5-8(15)11(13)14-10)18-6-7-3-2-4-7/h5,7,15H,2-4,6H2,1H3. The molecule has 98 valence electrons. The third-order valence-corrected chi connectivity index (χ3v) is 3.28. The molecule has 0 atom stereocenters. The van der Waals surface area contributed by atoms with Crippen LogP contribution in [-0.2, 0) is 4.74 Å². The van der Waals surface area contributed by atoms with Crippen molar-refractivity contribution in [2.45, 2.75) is 19.3 Å². The van der Waals surface area contributed by atoms with Gasteiger partial charge in [-0.1, -0.05) is 18.0 Å². The van der Waals surface area contributed by atoms with Gasteiger partial charge in [0.05, 0.1) is 13.7 Å². The summed E-state index contributed by atoms with van der Waals surface area (Å²) in [6.07, 6.45) is 3.46. The summed E-state index contributed by atoms with van der Waals surface area (Å²) in [5.74, 6) is -0.141. The van der Waals surface area contributed by atoms with Crippen molar-refractivity contribution in [2.75, 3.05) is 13.7 Å². The highest BCUT2D eigenvalue weighted by molar-refractivity contribution is 6.31. The van der Waals surface area contributed by atoms with E-state index in [9.17, 15) is 9.90 Å². The summed E-state index contributed by atoms with van der Waals surface area (Å²) in [4.78, 5) is 15.3. The van der Waals surface area contributed by atoms with Gasteiger partial charge in [0.2, 0.25) is 0 Å². The third-order valence-electron chi connectivity index (χ3n) is 3.00. The van der Waals surface area contributed by atoms with E-state index in [-0.39, 0.29) is 22.3 Å². The van der Waals surface area contributed by atoms with Crippen molar-refractivity contribution in [1.29, 1.82) is 0 Å². The average molecular weight is 272 g/mol. The molecule has 1 aliphatic carbocycles. The van der Waals surface area contributed by atoms with Crippen molar-refractivity contribution < 1.29 is 19.4 Å². The van der Waals surface area contributed by atoms with Gasteiger partial charge in [0.25, 0.3) is 0 Å². The highest BCUT2D eigenvalue weighted by Crippen LogP contribution is 2.31. The van der Waals surface area contributed by atoms with E-state index in [0.29, 0.717) is 12.5 Å². The van der Waals surface area contributed by atoms with Gasteiger partial charge >= 0.3 is 5.97 Å². The SMILES string of the molecule is COC(=O)c1nc(Cl)c(O)cc1OCC1CCC1. The van der Waals surface area contributed by atoms with Gasteiger partial charge < -0.3 is 14.6 Å². The van der Waals surface area contributed by atoms with Crippen LogP contribution in [-0.4, -0.2) is 29.8 Å². The molecule has 0 bridgehead atoms. The Hall–Kier alpha value is -1.49. The van der Waals surface area contributed by atoms with E-state index in [4.69, 9.17) is 16.3 Å². The number of ether oxygens (including phenoxy) is 2. The number of rotatable bonds is 4. The second kappa shape index (κ2) is 5.44. The lowest BCUT2D eigenvalue weighted by Gasteiger charge is -2.25. The number of pyridine rings is 1. The van der Waals surface area contributed by atoms with Crippen LogP contribution in [0.15, 0.2) is 6.07 Å². The Kier molecular flexibility index (Phi) is 3.91. The molecule has 2 rings (SSSR count). The molecule has 0 unspecified atom stereocenters. The first-order chi connectivity index (χ1) is 8.61. The normalized spacial score (nSPS) is 15.0. The van der Waals surface area contributed by atoms with Gasteiger partial charge in [0.15, 0.2) is 22.3 Å². The number of carbonyl (C=O) groups excluding carboxylic acids is 1. The summed E-state index contributed by atoms with van der Waals surface area (Å²) < 4.78 is 10.1. The largest absolute Gasteiger partial charge is 0.505 e. The Morgan fingerprint density at radius 1 is 1.61 bits per heavy atom. The Bertz CT molecular complexity index is 460. The lowest BCUT2D eigenvalue weighted by atomic mass is 9.86. The van der Waals surface area contributed by atoms with Crippen LogP contribution in [0.5, 0.6) is 11.5 Å². The molecule has 0 radical (unpaired) electrons. The average Bonchev–Trinajstić information content (AvgIpc) is 2.30. The predicted molar refractivity (Wildman–Crippen MR) is 65.1 cm³/mol. The van der Waals surface area contributed by atoms with Crippen molar-refractivity contribution in [3.05, 3.63) is 16.9 Å². The maximum absolute atomic E-state index is 11.5. The highest BCUT2D eigenvalue weighted by Gasteiger charge is 2.22. The molecule has 5 nitrogen and oxygen atoms in total. The molecule has 0 amide bonds. The highest BCUT2D eigenvalue weighted by atomic mass is 35.5. The minimum Gasteiger partial charge on any atom is -0.505 e. The summed E-state index contributed by atoms with van der Waals surface area (Å²) in [5, 5.41) is 9.34. The number of aromatic nitrogens is 1. The van der Waals surface area contributed by atoms with Gasteiger partial charge in [-0.2, -0.15) is 0 Å². The van der Waals surface area contributed by atoms with Gasteiger partial charge in [-0.3, -0.25) is 0 Å². The first kappa shape index (κ1) is 13.0. The van der Waals surface area contributed by atoms with Crippen LogP contribution in [0, 0.1) is 5.92 Å². The van der Waals surface area contributed by atoms with E-state index in [1.807, 2.05) is 0 Å². The molecule has 0 spiro atoms. The Balaban J connectivity index is 2.19. The van der Waals surface area contributed by atoms with Gasteiger partial charge in [-0.25, -0.2) is 9.78 Å². The van der Waals surface area contributed by atoms with Crippen molar-refractivity contribution in [3.8, 4) is 11.5 Å². The first-order valence-corrected chi connectivity index (χ1v) is 6.10. The molecule has 1 aliphatic rings. The summed E-state index contributed by atoms with van der Waals surface area (Å²) in [6.45, 7) is 0.507. The summed E-state index contributed by atoms with van der Waals surface area (Å²) in [5.41, 5.74) is -0.0142. The molecule has 1 saturated carbocycles. The minimum atomic E-state index is -0.638. The second-order valence-corrected chi connectivity index (χ2v) is 4.60. The van der Waals surface area contributed by atoms with E-state index in [2.05, 4.69) is 9.72 Å². The summed E-state index contributed by atoms with van der Waals surface area (Å²) >= 11 is 5.66. The third kappa shape index (κ3) is 2.67. The van der Waals surface area contributed by atoms with Crippen LogP contribution < -0.4 is 4.74 Å². The van der Waals surface area contributed by atoms with Gasteiger partial charge in [0, 0.05) is 6.07 Å². The van der Waals surface area contributed by atoms with Crippen molar-refractivity contribution in [1.82, 2.24) is 4.98 Å². The molecule has 1 fully saturated rings. The summed E-state index contributed by atoms with van der Waals surface area (Å²) in [7, 11) is 1.25. The molecule has 0 saturated heterocycles. The lowest BCUT2D eigenvalue weighted by Crippen LogP contribution is -2.20. The second-order valence-electron chi connectivity index (χ2n) is 4.24. The van der Waals surface area contributed by atoms with Crippen LogP contribution in [0.2, 0.25) is 5.15 Å². The topological polar surface area (TPSA) is 68.7 Å². The maximum atomic E-state index is 11.5. The first-order valence-electron chi connectivity index (χ1n) is 5.72. The Morgan fingerprint density at radius 3 is 2.89 bits per heavy atom. The number of aromatic hydroxyl groups is 1. The van der Waals surface area contributed by atoms with Crippen LogP contribution >= 0.6 is 11.6 Å². The van der Waals surface area contributed by atoms with Gasteiger partial charge in [-0.05, 0) is 18.8 Å². The van der Waals surface area contributed by atoms with Crippen LogP contribution in [0.4, 0.5) is 0 Å². The van der Waals surface area contributed by atoms with E-state index < -0.39 is 5.97 Å². The van der Waals surface area contributed by atoms with E-state index >= 15 is 0 Å². The smallest absolute Gasteiger partial charge is 0.360 e. The lowest BCUT2D eigenvalue weighted by molar-refractivity contribution is 0.0586. The number of hydrogen-bond donors (Lipinski definition) is 1. The molecule has 1 aromatic heterocycles. The monoisotopic (exact) mass is 271 g/mol. The van der Waals surface area contributed by atoms with E-state index in [1.165, 1.54) is 19.6 Å². The number of esters is 1. The molecule has 18 heavy (non-hydrogen) atoms. The van der Waals surface area contributed by atoms with Gasteiger partial charge in [-0.15, -0.1) is 0 Å². The van der Waals surface area contributed by atoms with Gasteiger partial charge in [0.1, 0.15) is 0 Å². The quantitative estimate of drug-likeness (QED) is 0.673. The summed E-state index contributed by atoms with van der Waals surface area (Å²) in [6, 6.07) is 1.29. The minimum absolute atomic E-state index is 0.0142. The predicted octanol–water partition coefficient (Wildman–Crippen LogP) is 2.41. The zero-order chi connectivity index (χ0) is 13.1. The fourth-order valence-electron chi connectivity index (χ4n) is 1.68. The number of halogens is 1. The Morgan fingerprint density at radius 2 is 2.33 bits per heavy atom.